The van der Waals surface area contributed by atoms with E-state index in [1.165, 1.54) is 16.7 Å². The Morgan fingerprint density at radius 3 is 1.87 bits per heavy atom. The standard InChI is InChI=1S/C23H23NO3.C16H21NO3/c25-22-24-23(17-27-22)13-12-21(15-23)20-10-8-18(9-11-20)7-4-14-26-16-19-5-2-1-3-6-19;18-9-1-2-12-3-5-13(6-4-12)14-7-8-16(10-14)11-20-15(19)17-16/h1-3,5-6,8-11,21H,12-17H2,(H,24,25);3-6,14,18H,1-2,7-11H2,(H,17,19)/t21-,23-;14-,16-/m11/s1. The number of aliphatic hydroxyl groups is 1. The molecule has 3 aromatic rings. The van der Waals surface area contributed by atoms with E-state index in [1.807, 2.05) is 30.3 Å². The summed E-state index contributed by atoms with van der Waals surface area (Å²) in [4.78, 5) is 22.6. The summed E-state index contributed by atoms with van der Waals surface area (Å²) < 4.78 is 15.8. The lowest BCUT2D eigenvalue weighted by atomic mass is 9.92. The first kappa shape index (κ1) is 32.6. The van der Waals surface area contributed by atoms with Crippen molar-refractivity contribution in [2.75, 3.05) is 26.4 Å². The number of hydrogen-bond acceptors (Lipinski definition) is 6. The highest BCUT2D eigenvalue weighted by Gasteiger charge is 2.46. The molecule has 0 aromatic heterocycles. The van der Waals surface area contributed by atoms with E-state index in [2.05, 4.69) is 71.0 Å². The number of nitrogens with one attached hydrogen (secondary N) is 2. The maximum absolute atomic E-state index is 11.4. The van der Waals surface area contributed by atoms with Gasteiger partial charge in [0.25, 0.3) is 0 Å². The Morgan fingerprint density at radius 1 is 0.766 bits per heavy atom. The van der Waals surface area contributed by atoms with Gasteiger partial charge in [-0.3, -0.25) is 0 Å². The van der Waals surface area contributed by atoms with Crippen molar-refractivity contribution < 1.29 is 28.9 Å². The van der Waals surface area contributed by atoms with E-state index >= 15 is 0 Å². The molecular weight excluding hydrogens is 592 g/mol. The highest BCUT2D eigenvalue weighted by molar-refractivity contribution is 5.71. The number of benzene rings is 3. The molecule has 2 amide bonds. The monoisotopic (exact) mass is 636 g/mol. The van der Waals surface area contributed by atoms with Crippen molar-refractivity contribution in [1.29, 1.82) is 0 Å². The van der Waals surface area contributed by atoms with Gasteiger partial charge in [-0.15, -0.1) is 0 Å². The molecule has 2 saturated carbocycles. The van der Waals surface area contributed by atoms with Crippen LogP contribution < -0.4 is 10.6 Å². The van der Waals surface area contributed by atoms with Gasteiger partial charge in [-0.1, -0.05) is 78.6 Å². The lowest BCUT2D eigenvalue weighted by Gasteiger charge is -2.20. The van der Waals surface area contributed by atoms with Crippen LogP contribution in [0.3, 0.4) is 0 Å². The smallest absolute Gasteiger partial charge is 0.407 e. The highest BCUT2D eigenvalue weighted by atomic mass is 16.6. The largest absolute Gasteiger partial charge is 0.447 e. The van der Waals surface area contributed by atoms with Gasteiger partial charge < -0.3 is 30.0 Å². The molecule has 0 bridgehead atoms. The van der Waals surface area contributed by atoms with Gasteiger partial charge in [0.05, 0.1) is 17.7 Å². The Labute approximate surface area is 277 Å². The second-order valence-corrected chi connectivity index (χ2v) is 13.3. The molecule has 4 atom stereocenters. The van der Waals surface area contributed by atoms with Crippen molar-refractivity contribution in [3.05, 3.63) is 107 Å². The summed E-state index contributed by atoms with van der Waals surface area (Å²) >= 11 is 0. The Balaban J connectivity index is 0.000000172. The zero-order valence-corrected chi connectivity index (χ0v) is 26.8. The normalized spacial score (nSPS) is 25.7. The third kappa shape index (κ3) is 8.54. The van der Waals surface area contributed by atoms with Crippen LogP contribution in [-0.4, -0.2) is 54.8 Å². The summed E-state index contributed by atoms with van der Waals surface area (Å²) in [5, 5.41) is 14.8. The number of hydrogen-bond donors (Lipinski definition) is 3. The number of aryl methyl sites for hydroxylation is 1. The van der Waals surface area contributed by atoms with E-state index in [4.69, 9.17) is 19.3 Å². The van der Waals surface area contributed by atoms with Gasteiger partial charge in [-0.2, -0.15) is 0 Å². The predicted molar refractivity (Wildman–Crippen MR) is 179 cm³/mol. The fourth-order valence-electron chi connectivity index (χ4n) is 7.31. The summed E-state index contributed by atoms with van der Waals surface area (Å²) in [6, 6.07) is 27.2. The van der Waals surface area contributed by atoms with Gasteiger partial charge in [-0.05, 0) is 97.6 Å². The molecule has 8 heteroatoms. The third-order valence-corrected chi connectivity index (χ3v) is 9.89. The first-order chi connectivity index (χ1) is 22.9. The van der Waals surface area contributed by atoms with Crippen molar-refractivity contribution in [1.82, 2.24) is 10.6 Å². The maximum Gasteiger partial charge on any atom is 0.407 e. The lowest BCUT2D eigenvalue weighted by molar-refractivity contribution is 0.153. The quantitative estimate of drug-likeness (QED) is 0.196. The lowest BCUT2D eigenvalue weighted by Crippen LogP contribution is -2.40. The van der Waals surface area contributed by atoms with Gasteiger partial charge in [0.2, 0.25) is 0 Å². The minimum atomic E-state index is -0.282. The molecular formula is C39H44N2O6. The number of cyclic esters (lactones) is 2. The Bertz CT molecular complexity index is 1560. The average Bonchev–Trinajstić information content (AvgIpc) is 3.89. The van der Waals surface area contributed by atoms with E-state index in [9.17, 15) is 9.59 Å². The van der Waals surface area contributed by atoms with Crippen LogP contribution in [0, 0.1) is 11.8 Å². The molecule has 8 nitrogen and oxygen atoms in total. The summed E-state index contributed by atoms with van der Waals surface area (Å²) in [6.07, 6.45) is 7.23. The fraction of sp³-hybridized carbons (Fsp3) is 0.436. The van der Waals surface area contributed by atoms with E-state index in [0.29, 0.717) is 38.3 Å². The summed E-state index contributed by atoms with van der Waals surface area (Å²) in [6.45, 7) is 2.25. The zero-order valence-electron chi connectivity index (χ0n) is 26.8. The number of carbonyl (C=O) groups excluding carboxylic acids is 2. The first-order valence-corrected chi connectivity index (χ1v) is 16.7. The highest BCUT2D eigenvalue weighted by Crippen LogP contribution is 2.43. The minimum absolute atomic E-state index is 0.128. The topological polar surface area (TPSA) is 106 Å². The number of ether oxygens (including phenoxy) is 3. The Kier molecular flexibility index (Phi) is 10.4. The van der Waals surface area contributed by atoms with E-state index < -0.39 is 0 Å². The molecule has 3 aromatic carbocycles. The Hall–Kier alpha value is -4.32. The Morgan fingerprint density at radius 2 is 1.34 bits per heavy atom. The number of alkyl carbamates (subject to hydrolysis) is 2. The molecule has 0 radical (unpaired) electrons. The van der Waals surface area contributed by atoms with Crippen LogP contribution in [0.15, 0.2) is 78.9 Å². The van der Waals surface area contributed by atoms with E-state index in [-0.39, 0.29) is 29.9 Å². The summed E-state index contributed by atoms with van der Waals surface area (Å²) in [5.74, 6) is 7.19. The molecule has 2 saturated heterocycles. The van der Waals surface area contributed by atoms with Crippen molar-refractivity contribution >= 4 is 12.2 Å². The summed E-state index contributed by atoms with van der Waals surface area (Å²) in [5.41, 5.74) is 5.78. The molecule has 2 heterocycles. The minimum Gasteiger partial charge on any atom is -0.447 e. The average molecular weight is 637 g/mol. The van der Waals surface area contributed by atoms with Crippen LogP contribution in [0.5, 0.6) is 0 Å². The molecule has 2 aliphatic carbocycles. The van der Waals surface area contributed by atoms with Crippen LogP contribution in [0.25, 0.3) is 0 Å². The molecule has 4 aliphatic rings. The molecule has 3 N–H and O–H groups in total. The summed E-state index contributed by atoms with van der Waals surface area (Å²) in [7, 11) is 0. The van der Waals surface area contributed by atoms with Crippen LogP contribution >= 0.6 is 0 Å². The van der Waals surface area contributed by atoms with E-state index in [0.717, 1.165) is 62.5 Å². The molecule has 2 aliphatic heterocycles. The van der Waals surface area contributed by atoms with Crippen molar-refractivity contribution in [3.63, 3.8) is 0 Å². The molecule has 4 fully saturated rings. The molecule has 2 spiro atoms. The fourth-order valence-corrected chi connectivity index (χ4v) is 7.31. The molecule has 47 heavy (non-hydrogen) atoms. The van der Waals surface area contributed by atoms with Crippen LogP contribution in [0.4, 0.5) is 9.59 Å². The van der Waals surface area contributed by atoms with E-state index in [1.54, 1.807) is 0 Å². The number of amides is 2. The van der Waals surface area contributed by atoms with Gasteiger partial charge in [0.1, 0.15) is 19.8 Å². The SMILES string of the molecule is O=C1N[C@@]2(CC[C@@H](c3ccc(C#CCOCc4ccccc4)cc3)C2)CO1.O=C1N[C@@]2(CC[C@@H](c3ccc(CCCO)cc3)C2)CO1. The number of rotatable bonds is 8. The third-order valence-electron chi connectivity index (χ3n) is 9.89. The molecule has 7 rings (SSSR count). The van der Waals surface area contributed by atoms with Gasteiger partial charge >= 0.3 is 12.2 Å². The second-order valence-electron chi connectivity index (χ2n) is 13.3. The van der Waals surface area contributed by atoms with Crippen LogP contribution in [-0.2, 0) is 27.2 Å². The second kappa shape index (κ2) is 15.1. The predicted octanol–water partition coefficient (Wildman–Crippen LogP) is 6.36. The zero-order chi connectivity index (χ0) is 32.5. The maximum atomic E-state index is 11.4. The number of carbonyl (C=O) groups is 2. The van der Waals surface area contributed by atoms with Crippen molar-refractivity contribution in [3.8, 4) is 11.8 Å². The van der Waals surface area contributed by atoms with Crippen molar-refractivity contribution in [2.45, 2.75) is 80.9 Å². The van der Waals surface area contributed by atoms with Gasteiger partial charge in [0.15, 0.2) is 0 Å². The van der Waals surface area contributed by atoms with Gasteiger partial charge in [-0.25, -0.2) is 9.59 Å². The molecule has 246 valence electrons. The van der Waals surface area contributed by atoms with Crippen LogP contribution in [0.1, 0.15) is 84.6 Å². The number of aliphatic hydroxyl groups excluding tert-OH is 1. The molecule has 0 unspecified atom stereocenters. The first-order valence-electron chi connectivity index (χ1n) is 16.7. The van der Waals surface area contributed by atoms with Crippen molar-refractivity contribution in [2.24, 2.45) is 0 Å². The van der Waals surface area contributed by atoms with Gasteiger partial charge in [0, 0.05) is 12.2 Å². The van der Waals surface area contributed by atoms with Crippen LogP contribution in [0.2, 0.25) is 0 Å².